The van der Waals surface area contributed by atoms with Gasteiger partial charge in [0.05, 0.1) is 24.0 Å². The van der Waals surface area contributed by atoms with Crippen LogP contribution in [0.25, 0.3) is 0 Å². The molecule has 0 radical (unpaired) electrons. The maximum atomic E-state index is 14.6. The number of hydrogen-bond donors (Lipinski definition) is 2. The molecule has 5 rings (SSSR count). The molecule has 7 atom stereocenters. The second-order valence-corrected chi connectivity index (χ2v) is 13.5. The Kier molecular flexibility index (Phi) is 11.6. The molecule has 2 N–H and O–H groups in total. The largest absolute Gasteiger partial charge is 0.455 e. The van der Waals surface area contributed by atoms with Crippen molar-refractivity contribution in [3.63, 3.8) is 0 Å². The van der Waals surface area contributed by atoms with Gasteiger partial charge < -0.3 is 29.7 Å². The second-order valence-electron chi connectivity index (χ2n) is 13.5. The normalized spacial score (nSPS) is 28.0. The molecule has 1 spiro atoms. The summed E-state index contributed by atoms with van der Waals surface area (Å²) in [6, 6.07) is 7.91. The minimum absolute atomic E-state index is 0.0173. The maximum absolute atomic E-state index is 14.6. The fraction of sp³-hybridized carbons (Fsp3) is 0.622. The molecule has 1 aliphatic carbocycles. The molecule has 3 amide bonds. The molecule has 3 saturated heterocycles. The molecule has 1 aromatic rings. The van der Waals surface area contributed by atoms with Crippen LogP contribution in [0.5, 0.6) is 0 Å². The molecular formula is C37H51N3O7. The number of benzene rings is 1. The van der Waals surface area contributed by atoms with Gasteiger partial charge in [0.1, 0.15) is 17.7 Å². The number of nitrogens with zero attached hydrogens (tertiary/aromatic N) is 2. The average molecular weight is 650 g/mol. The Balaban J connectivity index is 1.44. The third kappa shape index (κ3) is 7.04. The fourth-order valence-corrected chi connectivity index (χ4v) is 8.38. The van der Waals surface area contributed by atoms with E-state index in [4.69, 9.17) is 9.47 Å². The number of esters is 1. The smallest absolute Gasteiger partial charge is 0.313 e. The minimum atomic E-state index is -1.14. The van der Waals surface area contributed by atoms with Gasteiger partial charge in [0.2, 0.25) is 17.7 Å². The highest BCUT2D eigenvalue weighted by atomic mass is 16.6. The molecule has 2 bridgehead atoms. The Morgan fingerprint density at radius 3 is 2.55 bits per heavy atom. The van der Waals surface area contributed by atoms with Crippen LogP contribution in [0, 0.1) is 11.8 Å². The zero-order valence-electron chi connectivity index (χ0n) is 27.7. The molecule has 4 fully saturated rings. The third-order valence-corrected chi connectivity index (χ3v) is 10.5. The van der Waals surface area contributed by atoms with E-state index in [0.29, 0.717) is 38.6 Å². The predicted molar refractivity (Wildman–Crippen MR) is 177 cm³/mol. The number of fused-ring (bicyclic) bond motifs is 1. The summed E-state index contributed by atoms with van der Waals surface area (Å²) < 4.78 is 12.9. The SMILES string of the molecule is C=CCCC(=O)N[C@@H](C)[C@H](OC(=O)[C@@H]1[C@H]2C(=O)N(CCCCO)[C@H](C(=O)N(CC=C)C3CCCCC3)[C@]23CC[C@H]1O3)c1ccccc1. The molecule has 0 aromatic heterocycles. The van der Waals surface area contributed by atoms with Crippen LogP contribution in [0.1, 0.15) is 89.2 Å². The highest BCUT2D eigenvalue weighted by Gasteiger charge is 2.75. The summed E-state index contributed by atoms with van der Waals surface area (Å²) in [5.41, 5.74) is -0.414. The number of hydrogen-bond acceptors (Lipinski definition) is 7. The van der Waals surface area contributed by atoms with Crippen LogP contribution >= 0.6 is 0 Å². The number of carbonyl (C=O) groups is 4. The van der Waals surface area contributed by atoms with Gasteiger partial charge >= 0.3 is 5.97 Å². The van der Waals surface area contributed by atoms with E-state index < -0.39 is 47.7 Å². The molecule has 256 valence electrons. The van der Waals surface area contributed by atoms with Crippen molar-refractivity contribution in [3.05, 3.63) is 61.2 Å². The van der Waals surface area contributed by atoms with Gasteiger partial charge in [-0.25, -0.2) is 0 Å². The van der Waals surface area contributed by atoms with Crippen molar-refractivity contribution in [2.75, 3.05) is 19.7 Å². The van der Waals surface area contributed by atoms with Gasteiger partial charge in [0, 0.05) is 32.2 Å². The van der Waals surface area contributed by atoms with E-state index in [9.17, 15) is 24.3 Å². The number of allylic oxidation sites excluding steroid dienone is 1. The standard InChI is InChI=1S/C37H51N3O7/c1-4-6-19-29(42)38-25(3)32(26-15-9-7-10-16-26)46-36(45)30-28-20-21-37(47-28)31(30)34(43)40(23-13-14-24-41)33(37)35(44)39(22-5-2)27-17-11-8-12-18-27/h4-5,7,9-10,15-16,25,27-28,30-33,41H,1-2,6,8,11-14,17-24H2,3H3,(H,38,42)/t25-,28+,30-,31-,32-,33+,37-/m0/s1. The Bertz CT molecular complexity index is 1300. The lowest BCUT2D eigenvalue weighted by molar-refractivity contribution is -0.162. The van der Waals surface area contributed by atoms with Crippen LogP contribution in [0.2, 0.25) is 0 Å². The fourth-order valence-electron chi connectivity index (χ4n) is 8.38. The zero-order chi connectivity index (χ0) is 33.6. The Labute approximate surface area is 278 Å². The molecule has 1 aromatic carbocycles. The van der Waals surface area contributed by atoms with E-state index in [1.807, 2.05) is 35.2 Å². The number of nitrogens with one attached hydrogen (secondary N) is 1. The molecule has 3 aliphatic heterocycles. The molecular weight excluding hydrogens is 598 g/mol. The van der Waals surface area contributed by atoms with E-state index >= 15 is 0 Å². The summed E-state index contributed by atoms with van der Waals surface area (Å²) in [5.74, 6) is -2.90. The monoisotopic (exact) mass is 649 g/mol. The lowest BCUT2D eigenvalue weighted by atomic mass is 9.70. The lowest BCUT2D eigenvalue weighted by Crippen LogP contribution is -2.58. The van der Waals surface area contributed by atoms with E-state index in [1.54, 1.807) is 24.0 Å². The predicted octanol–water partition coefficient (Wildman–Crippen LogP) is 4.24. The first-order valence-corrected chi connectivity index (χ1v) is 17.4. The van der Waals surface area contributed by atoms with Crippen LogP contribution in [0.4, 0.5) is 0 Å². The average Bonchev–Trinajstić information content (AvgIpc) is 3.73. The molecule has 10 heteroatoms. The topological polar surface area (TPSA) is 125 Å². The van der Waals surface area contributed by atoms with E-state index in [1.165, 1.54) is 0 Å². The number of amides is 3. The van der Waals surface area contributed by atoms with Crippen LogP contribution in [0.15, 0.2) is 55.6 Å². The van der Waals surface area contributed by atoms with Gasteiger partial charge in [0.15, 0.2) is 0 Å². The zero-order valence-corrected chi connectivity index (χ0v) is 27.7. The number of likely N-dealkylation sites (tertiary alicyclic amines) is 1. The first kappa shape index (κ1) is 34.8. The van der Waals surface area contributed by atoms with Gasteiger partial charge in [-0.3, -0.25) is 19.2 Å². The second kappa shape index (κ2) is 15.6. The van der Waals surface area contributed by atoms with Gasteiger partial charge in [-0.1, -0.05) is 61.7 Å². The van der Waals surface area contributed by atoms with Crippen molar-refractivity contribution in [2.24, 2.45) is 11.8 Å². The minimum Gasteiger partial charge on any atom is -0.455 e. The first-order valence-electron chi connectivity index (χ1n) is 17.4. The number of aliphatic hydroxyl groups excluding tert-OH is 1. The Hall–Kier alpha value is -3.50. The third-order valence-electron chi connectivity index (χ3n) is 10.5. The van der Waals surface area contributed by atoms with Gasteiger partial charge in [0.25, 0.3) is 0 Å². The number of carbonyl (C=O) groups excluding carboxylic acids is 4. The Morgan fingerprint density at radius 2 is 1.87 bits per heavy atom. The van der Waals surface area contributed by atoms with Crippen LogP contribution < -0.4 is 5.32 Å². The van der Waals surface area contributed by atoms with E-state index in [2.05, 4.69) is 18.5 Å². The van der Waals surface area contributed by atoms with Crippen molar-refractivity contribution >= 4 is 23.7 Å². The van der Waals surface area contributed by atoms with Crippen LogP contribution in [-0.4, -0.2) is 88.1 Å². The molecule has 1 saturated carbocycles. The molecule has 10 nitrogen and oxygen atoms in total. The first-order chi connectivity index (χ1) is 22.8. The summed E-state index contributed by atoms with van der Waals surface area (Å²) >= 11 is 0. The molecule has 0 unspecified atom stereocenters. The van der Waals surface area contributed by atoms with Crippen molar-refractivity contribution in [3.8, 4) is 0 Å². The van der Waals surface area contributed by atoms with Crippen molar-refractivity contribution in [1.29, 1.82) is 0 Å². The summed E-state index contributed by atoms with van der Waals surface area (Å²) in [6.07, 6.45) is 9.96. The summed E-state index contributed by atoms with van der Waals surface area (Å²) in [7, 11) is 0. The van der Waals surface area contributed by atoms with Crippen molar-refractivity contribution in [2.45, 2.75) is 113 Å². The summed E-state index contributed by atoms with van der Waals surface area (Å²) in [4.78, 5) is 59.4. The highest BCUT2D eigenvalue weighted by Crippen LogP contribution is 2.59. The van der Waals surface area contributed by atoms with E-state index in [-0.39, 0.29) is 43.3 Å². The molecule has 4 aliphatic rings. The van der Waals surface area contributed by atoms with Gasteiger partial charge in [-0.05, 0) is 57.4 Å². The van der Waals surface area contributed by atoms with Crippen molar-refractivity contribution < 1.29 is 33.8 Å². The quantitative estimate of drug-likeness (QED) is 0.156. The number of rotatable bonds is 16. The highest BCUT2D eigenvalue weighted by molar-refractivity contribution is 5.98. The van der Waals surface area contributed by atoms with Crippen LogP contribution in [0.3, 0.4) is 0 Å². The maximum Gasteiger partial charge on any atom is 0.313 e. The van der Waals surface area contributed by atoms with Crippen molar-refractivity contribution in [1.82, 2.24) is 15.1 Å². The lowest BCUT2D eigenvalue weighted by Gasteiger charge is -2.40. The van der Waals surface area contributed by atoms with Crippen LogP contribution in [-0.2, 0) is 28.7 Å². The number of ether oxygens (including phenoxy) is 2. The number of aliphatic hydroxyl groups is 1. The van der Waals surface area contributed by atoms with E-state index in [0.717, 1.165) is 37.7 Å². The molecule has 3 heterocycles. The summed E-state index contributed by atoms with van der Waals surface area (Å²) in [6.45, 7) is 10.1. The molecule has 47 heavy (non-hydrogen) atoms. The van der Waals surface area contributed by atoms with Gasteiger partial charge in [-0.2, -0.15) is 0 Å². The number of unbranched alkanes of at least 4 members (excludes halogenated alkanes) is 1. The van der Waals surface area contributed by atoms with Gasteiger partial charge in [-0.15, -0.1) is 13.2 Å². The Morgan fingerprint density at radius 1 is 1.13 bits per heavy atom. The summed E-state index contributed by atoms with van der Waals surface area (Å²) in [5, 5.41) is 12.5.